The molecule has 9 aromatic carbocycles. The molecular formula is C57H35N5O. The lowest BCUT2D eigenvalue weighted by Crippen LogP contribution is -2.07. The quantitative estimate of drug-likeness (QED) is 0.168. The zero-order valence-corrected chi connectivity index (χ0v) is 33.9. The summed E-state index contributed by atoms with van der Waals surface area (Å²) in [6.45, 7) is 0. The van der Waals surface area contributed by atoms with Crippen LogP contribution in [0.4, 0.5) is 0 Å². The lowest BCUT2D eigenvalue weighted by molar-refractivity contribution is 0.669. The van der Waals surface area contributed by atoms with Crippen molar-refractivity contribution in [2.45, 2.75) is 0 Å². The average Bonchev–Trinajstić information content (AvgIpc) is 4.02. The molecule has 0 bridgehead atoms. The summed E-state index contributed by atoms with van der Waals surface area (Å²) < 4.78 is 10.8. The summed E-state index contributed by atoms with van der Waals surface area (Å²) in [5, 5.41) is 6.77. The minimum Gasteiger partial charge on any atom is -0.456 e. The Morgan fingerprint density at radius 1 is 0.302 bits per heavy atom. The predicted octanol–water partition coefficient (Wildman–Crippen LogP) is 14.6. The summed E-state index contributed by atoms with van der Waals surface area (Å²) in [6.07, 6.45) is 0. The lowest BCUT2D eigenvalue weighted by Gasteiger charge is -2.14. The van der Waals surface area contributed by atoms with Crippen molar-refractivity contribution in [3.63, 3.8) is 0 Å². The van der Waals surface area contributed by atoms with Crippen molar-refractivity contribution in [3.8, 4) is 56.7 Å². The normalized spacial score (nSPS) is 11.8. The number of fused-ring (bicyclic) bond motifs is 10. The smallest absolute Gasteiger partial charge is 0.238 e. The molecule has 0 atom stereocenters. The van der Waals surface area contributed by atoms with E-state index in [4.69, 9.17) is 19.4 Å². The third-order valence-electron chi connectivity index (χ3n) is 12.4. The van der Waals surface area contributed by atoms with Gasteiger partial charge in [-0.1, -0.05) is 164 Å². The van der Waals surface area contributed by atoms with E-state index in [1.807, 2.05) is 30.3 Å². The number of hydrogen-bond donors (Lipinski definition) is 0. The van der Waals surface area contributed by atoms with Gasteiger partial charge in [0.2, 0.25) is 5.95 Å². The van der Waals surface area contributed by atoms with Crippen LogP contribution in [0, 0.1) is 0 Å². The van der Waals surface area contributed by atoms with E-state index in [2.05, 4.69) is 191 Å². The van der Waals surface area contributed by atoms with Crippen LogP contribution in [-0.4, -0.2) is 24.1 Å². The van der Waals surface area contributed by atoms with Crippen LogP contribution in [0.5, 0.6) is 0 Å². The highest BCUT2D eigenvalue weighted by molar-refractivity contribution is 6.23. The van der Waals surface area contributed by atoms with Gasteiger partial charge >= 0.3 is 0 Å². The van der Waals surface area contributed by atoms with Crippen LogP contribution in [0.25, 0.3) is 122 Å². The van der Waals surface area contributed by atoms with Gasteiger partial charge in [0.25, 0.3) is 0 Å². The highest BCUT2D eigenvalue weighted by atomic mass is 16.3. The zero-order chi connectivity index (χ0) is 41.4. The van der Waals surface area contributed by atoms with Crippen LogP contribution in [0.15, 0.2) is 217 Å². The highest BCUT2D eigenvalue weighted by Gasteiger charge is 2.24. The molecule has 0 radical (unpaired) electrons. The second-order valence-corrected chi connectivity index (χ2v) is 16.0. The lowest BCUT2D eigenvalue weighted by atomic mass is 10.0. The van der Waals surface area contributed by atoms with E-state index in [9.17, 15) is 0 Å². The molecule has 6 heteroatoms. The van der Waals surface area contributed by atoms with E-state index in [1.54, 1.807) is 0 Å². The minimum absolute atomic E-state index is 0.547. The maximum atomic E-state index is 6.17. The molecule has 0 spiro atoms. The van der Waals surface area contributed by atoms with Gasteiger partial charge in [-0.15, -0.1) is 0 Å². The van der Waals surface area contributed by atoms with Crippen LogP contribution in [0.3, 0.4) is 0 Å². The number of benzene rings is 9. The Balaban J connectivity index is 1.06. The fourth-order valence-corrected chi connectivity index (χ4v) is 9.46. The topological polar surface area (TPSA) is 61.7 Å². The molecule has 6 nitrogen and oxygen atoms in total. The maximum absolute atomic E-state index is 6.17. The standard InChI is InChI=1S/C57H35N5O/c1-3-14-36(15-4-1)37-26-29-42(30-27-37)61-49-23-10-7-20-43(49)46-31-32-47-44-21-8-11-24-50(44)62(54(47)53(46)61)57-59-55(38-16-5-2-6-17-38)58-56(60-57)41-19-13-18-39(34-41)40-28-33-52-48(35-40)45-22-9-12-25-51(45)63-52/h1-35H. The van der Waals surface area contributed by atoms with Crippen LogP contribution in [0.2, 0.25) is 0 Å². The highest BCUT2D eigenvalue weighted by Crippen LogP contribution is 2.42. The molecular weight excluding hydrogens is 771 g/mol. The van der Waals surface area contributed by atoms with E-state index >= 15 is 0 Å². The molecule has 0 aliphatic heterocycles. The Kier molecular flexibility index (Phi) is 7.80. The molecule has 0 saturated carbocycles. The summed E-state index contributed by atoms with van der Waals surface area (Å²) in [7, 11) is 0. The summed E-state index contributed by atoms with van der Waals surface area (Å²) >= 11 is 0. The molecule has 0 N–H and O–H groups in total. The summed E-state index contributed by atoms with van der Waals surface area (Å²) in [4.78, 5) is 16.0. The SMILES string of the molecule is c1ccc(-c2ccc(-n3c4ccccc4c4ccc5c6ccccc6n(-c6nc(-c7ccccc7)nc(-c7cccc(-c8ccc9oc%10ccccc%10c9c8)c7)n6)c5c43)cc2)cc1. The summed E-state index contributed by atoms with van der Waals surface area (Å²) in [5.74, 6) is 1.73. The molecule has 0 aliphatic rings. The average molecular weight is 806 g/mol. The van der Waals surface area contributed by atoms with Crippen LogP contribution in [-0.2, 0) is 0 Å². The third kappa shape index (κ3) is 5.62. The number of para-hydroxylation sites is 3. The molecule has 4 heterocycles. The number of hydrogen-bond acceptors (Lipinski definition) is 4. The molecule has 4 aromatic heterocycles. The first-order valence-electron chi connectivity index (χ1n) is 21.2. The fraction of sp³-hybridized carbons (Fsp3) is 0. The Morgan fingerprint density at radius 2 is 0.810 bits per heavy atom. The van der Waals surface area contributed by atoms with Gasteiger partial charge in [-0.3, -0.25) is 4.57 Å². The number of aromatic nitrogens is 5. The van der Waals surface area contributed by atoms with Gasteiger partial charge in [-0.25, -0.2) is 4.98 Å². The Labute approximate surface area is 361 Å². The minimum atomic E-state index is 0.547. The summed E-state index contributed by atoms with van der Waals surface area (Å²) in [6, 6.07) is 74.5. The van der Waals surface area contributed by atoms with E-state index < -0.39 is 0 Å². The molecule has 0 fully saturated rings. The Morgan fingerprint density at radius 3 is 1.54 bits per heavy atom. The van der Waals surface area contributed by atoms with Gasteiger partial charge in [0.1, 0.15) is 11.2 Å². The summed E-state index contributed by atoms with van der Waals surface area (Å²) in [5.41, 5.74) is 13.4. The van der Waals surface area contributed by atoms with E-state index in [0.717, 1.165) is 88.1 Å². The van der Waals surface area contributed by atoms with E-state index in [0.29, 0.717) is 17.6 Å². The van der Waals surface area contributed by atoms with Crippen molar-refractivity contribution >= 4 is 65.6 Å². The molecule has 13 rings (SSSR count). The molecule has 0 amide bonds. The maximum Gasteiger partial charge on any atom is 0.238 e. The molecule has 294 valence electrons. The van der Waals surface area contributed by atoms with Crippen molar-refractivity contribution in [1.29, 1.82) is 0 Å². The first kappa shape index (κ1) is 35.2. The predicted molar refractivity (Wildman–Crippen MR) is 258 cm³/mol. The van der Waals surface area contributed by atoms with Gasteiger partial charge in [0.05, 0.1) is 22.1 Å². The number of furan rings is 1. The number of rotatable bonds is 6. The fourth-order valence-electron chi connectivity index (χ4n) is 9.46. The zero-order valence-electron chi connectivity index (χ0n) is 33.9. The first-order valence-corrected chi connectivity index (χ1v) is 21.2. The van der Waals surface area contributed by atoms with E-state index in [1.165, 1.54) is 16.5 Å². The monoisotopic (exact) mass is 805 g/mol. The molecule has 0 aliphatic carbocycles. The number of nitrogens with zero attached hydrogens (tertiary/aromatic N) is 5. The first-order chi connectivity index (χ1) is 31.2. The largest absolute Gasteiger partial charge is 0.456 e. The van der Waals surface area contributed by atoms with Crippen LogP contribution >= 0.6 is 0 Å². The van der Waals surface area contributed by atoms with E-state index in [-0.39, 0.29) is 0 Å². The van der Waals surface area contributed by atoms with Crippen molar-refractivity contribution in [3.05, 3.63) is 212 Å². The molecule has 13 aromatic rings. The molecule has 63 heavy (non-hydrogen) atoms. The second kappa shape index (κ2) is 14.0. The molecule has 0 saturated heterocycles. The van der Waals surface area contributed by atoms with Gasteiger partial charge in [-0.2, -0.15) is 9.97 Å². The van der Waals surface area contributed by atoms with Crippen molar-refractivity contribution in [2.75, 3.05) is 0 Å². The third-order valence-corrected chi connectivity index (χ3v) is 12.4. The molecule has 0 unspecified atom stereocenters. The van der Waals surface area contributed by atoms with Crippen molar-refractivity contribution in [1.82, 2.24) is 24.1 Å². The van der Waals surface area contributed by atoms with Gasteiger partial charge in [0, 0.05) is 49.1 Å². The van der Waals surface area contributed by atoms with Crippen molar-refractivity contribution < 1.29 is 4.42 Å². The van der Waals surface area contributed by atoms with Crippen molar-refractivity contribution in [2.24, 2.45) is 0 Å². The van der Waals surface area contributed by atoms with Gasteiger partial charge in [-0.05, 0) is 70.8 Å². The second-order valence-electron chi connectivity index (χ2n) is 16.0. The van der Waals surface area contributed by atoms with Crippen LogP contribution in [0.1, 0.15) is 0 Å². The Bertz CT molecular complexity index is 3900. The Hall–Kier alpha value is -8.61. The van der Waals surface area contributed by atoms with Crippen LogP contribution < -0.4 is 0 Å². The van der Waals surface area contributed by atoms with Gasteiger partial charge < -0.3 is 8.98 Å². The van der Waals surface area contributed by atoms with Gasteiger partial charge in [0.15, 0.2) is 11.6 Å².